The SMILES string of the molecule is CCCn1c(CSc2ccc([N+](=O)[O-])cc2)n[nH]c1=O. The van der Waals surface area contributed by atoms with Crippen molar-refractivity contribution in [2.24, 2.45) is 0 Å². The fourth-order valence-corrected chi connectivity index (χ4v) is 2.57. The molecule has 106 valence electrons. The van der Waals surface area contributed by atoms with E-state index in [-0.39, 0.29) is 11.4 Å². The van der Waals surface area contributed by atoms with E-state index in [9.17, 15) is 14.9 Å². The maximum atomic E-state index is 11.5. The molecule has 1 heterocycles. The summed E-state index contributed by atoms with van der Waals surface area (Å²) in [7, 11) is 0. The van der Waals surface area contributed by atoms with Crippen LogP contribution in [0.1, 0.15) is 19.2 Å². The van der Waals surface area contributed by atoms with Gasteiger partial charge in [-0.15, -0.1) is 11.8 Å². The van der Waals surface area contributed by atoms with Crippen LogP contribution in [0.15, 0.2) is 34.0 Å². The highest BCUT2D eigenvalue weighted by Gasteiger charge is 2.09. The fraction of sp³-hybridized carbons (Fsp3) is 0.333. The molecule has 1 N–H and O–H groups in total. The number of nitro groups is 1. The molecule has 0 amide bonds. The fourth-order valence-electron chi connectivity index (χ4n) is 1.73. The molecule has 0 unspecified atom stereocenters. The van der Waals surface area contributed by atoms with Gasteiger partial charge in [-0.3, -0.25) is 14.7 Å². The Labute approximate surface area is 119 Å². The second-order valence-corrected chi connectivity index (χ2v) is 5.19. The second kappa shape index (κ2) is 6.38. The Kier molecular flexibility index (Phi) is 4.57. The van der Waals surface area contributed by atoms with Crippen LogP contribution in [0.3, 0.4) is 0 Å². The summed E-state index contributed by atoms with van der Waals surface area (Å²) in [6, 6.07) is 6.31. The van der Waals surface area contributed by atoms with Crippen LogP contribution in [0.25, 0.3) is 0 Å². The normalized spacial score (nSPS) is 10.7. The lowest BCUT2D eigenvalue weighted by Gasteiger charge is -2.03. The van der Waals surface area contributed by atoms with Gasteiger partial charge in [0.15, 0.2) is 0 Å². The van der Waals surface area contributed by atoms with Gasteiger partial charge in [0.05, 0.1) is 10.7 Å². The van der Waals surface area contributed by atoms with Crippen molar-refractivity contribution in [1.82, 2.24) is 14.8 Å². The van der Waals surface area contributed by atoms with E-state index in [1.165, 1.54) is 23.9 Å². The molecule has 20 heavy (non-hydrogen) atoms. The minimum atomic E-state index is -0.429. The number of nitrogens with one attached hydrogen (secondary N) is 1. The largest absolute Gasteiger partial charge is 0.343 e. The van der Waals surface area contributed by atoms with E-state index in [0.29, 0.717) is 18.1 Å². The van der Waals surface area contributed by atoms with Crippen LogP contribution < -0.4 is 5.69 Å². The first-order valence-corrected chi connectivity index (χ1v) is 7.11. The van der Waals surface area contributed by atoms with E-state index >= 15 is 0 Å². The van der Waals surface area contributed by atoms with Gasteiger partial charge in [-0.2, -0.15) is 5.10 Å². The Balaban J connectivity index is 2.05. The van der Waals surface area contributed by atoms with Gasteiger partial charge in [0.25, 0.3) is 5.69 Å². The van der Waals surface area contributed by atoms with Gasteiger partial charge < -0.3 is 0 Å². The molecule has 8 heteroatoms. The molecule has 0 atom stereocenters. The third-order valence-electron chi connectivity index (χ3n) is 2.70. The van der Waals surface area contributed by atoms with Crippen molar-refractivity contribution in [1.29, 1.82) is 0 Å². The molecule has 7 nitrogen and oxygen atoms in total. The molecular formula is C12H14N4O3S. The number of nitro benzene ring substituents is 1. The van der Waals surface area contributed by atoms with E-state index in [1.54, 1.807) is 16.7 Å². The van der Waals surface area contributed by atoms with Crippen LogP contribution in [0, 0.1) is 10.1 Å². The first kappa shape index (κ1) is 14.3. The van der Waals surface area contributed by atoms with Crippen molar-refractivity contribution < 1.29 is 4.92 Å². The Morgan fingerprint density at radius 2 is 2.10 bits per heavy atom. The number of hydrogen-bond donors (Lipinski definition) is 1. The topological polar surface area (TPSA) is 93.8 Å². The maximum absolute atomic E-state index is 11.5. The smallest absolute Gasteiger partial charge is 0.278 e. The first-order valence-electron chi connectivity index (χ1n) is 6.13. The van der Waals surface area contributed by atoms with Crippen LogP contribution >= 0.6 is 11.8 Å². The highest BCUT2D eigenvalue weighted by Crippen LogP contribution is 2.23. The Morgan fingerprint density at radius 1 is 1.40 bits per heavy atom. The maximum Gasteiger partial charge on any atom is 0.343 e. The molecule has 2 aromatic rings. The van der Waals surface area contributed by atoms with Gasteiger partial charge in [-0.05, 0) is 18.6 Å². The molecule has 0 aliphatic carbocycles. The zero-order chi connectivity index (χ0) is 14.5. The molecule has 1 aromatic heterocycles. The van der Waals surface area contributed by atoms with Gasteiger partial charge in [-0.25, -0.2) is 9.89 Å². The van der Waals surface area contributed by atoms with Gasteiger partial charge in [-0.1, -0.05) is 6.92 Å². The van der Waals surface area contributed by atoms with Gasteiger partial charge >= 0.3 is 5.69 Å². The highest BCUT2D eigenvalue weighted by atomic mass is 32.2. The summed E-state index contributed by atoms with van der Waals surface area (Å²) in [5, 5.41) is 17.0. The van der Waals surface area contributed by atoms with Crippen LogP contribution in [0.2, 0.25) is 0 Å². The molecule has 0 saturated heterocycles. The Morgan fingerprint density at radius 3 is 2.70 bits per heavy atom. The van der Waals surface area contributed by atoms with Gasteiger partial charge in [0.2, 0.25) is 0 Å². The lowest BCUT2D eigenvalue weighted by Crippen LogP contribution is -2.18. The number of aromatic nitrogens is 3. The monoisotopic (exact) mass is 294 g/mol. The van der Waals surface area contributed by atoms with Crippen LogP contribution in [-0.4, -0.2) is 19.7 Å². The zero-order valence-electron chi connectivity index (χ0n) is 10.9. The van der Waals surface area contributed by atoms with E-state index < -0.39 is 4.92 Å². The summed E-state index contributed by atoms with van der Waals surface area (Å²) in [5.41, 5.74) is -0.136. The molecular weight excluding hydrogens is 280 g/mol. The average molecular weight is 294 g/mol. The minimum Gasteiger partial charge on any atom is -0.278 e. The number of H-pyrrole nitrogens is 1. The molecule has 2 rings (SSSR count). The van der Waals surface area contributed by atoms with Crippen molar-refractivity contribution >= 4 is 17.4 Å². The third kappa shape index (κ3) is 3.27. The van der Waals surface area contributed by atoms with E-state index in [0.717, 1.165) is 11.3 Å². The van der Waals surface area contributed by atoms with Crippen LogP contribution in [0.5, 0.6) is 0 Å². The van der Waals surface area contributed by atoms with E-state index in [2.05, 4.69) is 10.2 Å². The van der Waals surface area contributed by atoms with E-state index in [1.807, 2.05) is 6.92 Å². The van der Waals surface area contributed by atoms with E-state index in [4.69, 9.17) is 0 Å². The molecule has 0 aliphatic rings. The lowest BCUT2D eigenvalue weighted by molar-refractivity contribution is -0.384. The van der Waals surface area contributed by atoms with Gasteiger partial charge in [0, 0.05) is 23.6 Å². The van der Waals surface area contributed by atoms with Gasteiger partial charge in [0.1, 0.15) is 5.82 Å². The summed E-state index contributed by atoms with van der Waals surface area (Å²) in [6.07, 6.45) is 0.856. The van der Waals surface area contributed by atoms with Crippen molar-refractivity contribution in [3.05, 3.63) is 50.7 Å². The molecule has 0 saturated carbocycles. The van der Waals surface area contributed by atoms with Crippen molar-refractivity contribution in [2.45, 2.75) is 30.5 Å². The summed E-state index contributed by atoms with van der Waals surface area (Å²) >= 11 is 1.48. The zero-order valence-corrected chi connectivity index (χ0v) is 11.7. The second-order valence-electron chi connectivity index (χ2n) is 4.14. The lowest BCUT2D eigenvalue weighted by atomic mass is 10.3. The van der Waals surface area contributed by atoms with Crippen molar-refractivity contribution in [3.63, 3.8) is 0 Å². The number of rotatable bonds is 6. The Bertz CT molecular complexity index is 647. The highest BCUT2D eigenvalue weighted by molar-refractivity contribution is 7.98. The van der Waals surface area contributed by atoms with Crippen molar-refractivity contribution in [2.75, 3.05) is 0 Å². The molecule has 0 bridgehead atoms. The molecule has 0 spiro atoms. The predicted octanol–water partition coefficient (Wildman–Crippen LogP) is 2.18. The number of benzene rings is 1. The number of non-ortho nitro benzene ring substituents is 1. The summed E-state index contributed by atoms with van der Waals surface area (Å²) in [4.78, 5) is 22.5. The standard InChI is InChI=1S/C12H14N4O3S/c1-2-7-15-11(13-14-12(15)17)8-20-10-5-3-9(4-6-10)16(18)19/h3-6H,2,7-8H2,1H3,(H,14,17). The molecule has 0 fully saturated rings. The summed E-state index contributed by atoms with van der Waals surface area (Å²) in [5.74, 6) is 1.22. The molecule has 0 radical (unpaired) electrons. The average Bonchev–Trinajstić information content (AvgIpc) is 2.79. The molecule has 1 aromatic carbocycles. The number of nitrogens with zero attached hydrogens (tertiary/aromatic N) is 3. The van der Waals surface area contributed by atoms with Crippen molar-refractivity contribution in [3.8, 4) is 0 Å². The number of aromatic amines is 1. The number of thioether (sulfide) groups is 1. The number of hydrogen-bond acceptors (Lipinski definition) is 5. The molecule has 0 aliphatic heterocycles. The predicted molar refractivity (Wildman–Crippen MR) is 75.8 cm³/mol. The third-order valence-corrected chi connectivity index (χ3v) is 3.71. The van der Waals surface area contributed by atoms with Crippen LogP contribution in [0.4, 0.5) is 5.69 Å². The quantitative estimate of drug-likeness (QED) is 0.500. The Hall–Kier alpha value is -2.09. The minimum absolute atomic E-state index is 0.0667. The first-order chi connectivity index (χ1) is 9.61. The summed E-state index contributed by atoms with van der Waals surface area (Å²) < 4.78 is 1.61. The van der Waals surface area contributed by atoms with Crippen LogP contribution in [-0.2, 0) is 12.3 Å². The summed E-state index contributed by atoms with van der Waals surface area (Å²) in [6.45, 7) is 2.62.